The van der Waals surface area contributed by atoms with E-state index in [0.29, 0.717) is 42.0 Å². The second-order valence-electron chi connectivity index (χ2n) is 7.88. The summed E-state index contributed by atoms with van der Waals surface area (Å²) in [6.45, 7) is 1.48. The van der Waals surface area contributed by atoms with Crippen LogP contribution >= 0.6 is 22.9 Å². The lowest BCUT2D eigenvalue weighted by Gasteiger charge is -2.31. The molecule has 0 saturated carbocycles. The lowest BCUT2D eigenvalue weighted by Crippen LogP contribution is -2.47. The number of nitrogens with one attached hydrogen (secondary N) is 1. The molecule has 1 fully saturated rings. The standard InChI is InChI=1S/C23H23ClN4O5S2/c1-27-9-11-28(12-10-27)35(31,32)17-6-4-5-16(13-17)22(30)33-14-21(29)26-23-25-20(15-34-23)18-7-2-3-8-19(18)24/h2-8,13,15H,9-12,14H2,1H3,(H,25,26,29). The van der Waals surface area contributed by atoms with Crippen molar-refractivity contribution in [2.45, 2.75) is 4.90 Å². The fourth-order valence-corrected chi connectivity index (χ4v) is 5.88. The summed E-state index contributed by atoms with van der Waals surface area (Å²) in [6.07, 6.45) is 0. The van der Waals surface area contributed by atoms with Gasteiger partial charge in [0.15, 0.2) is 11.7 Å². The van der Waals surface area contributed by atoms with Gasteiger partial charge in [0.2, 0.25) is 10.0 Å². The number of aromatic nitrogens is 1. The molecule has 2 aromatic carbocycles. The molecule has 35 heavy (non-hydrogen) atoms. The van der Waals surface area contributed by atoms with Gasteiger partial charge in [-0.25, -0.2) is 18.2 Å². The number of carbonyl (C=O) groups excluding carboxylic acids is 2. The predicted octanol–water partition coefficient (Wildman–Crippen LogP) is 3.20. The smallest absolute Gasteiger partial charge is 0.338 e. The molecule has 2 heterocycles. The highest BCUT2D eigenvalue weighted by Gasteiger charge is 2.28. The molecule has 1 aromatic heterocycles. The van der Waals surface area contributed by atoms with Crippen LogP contribution in [0, 0.1) is 0 Å². The summed E-state index contributed by atoms with van der Waals surface area (Å²) in [5.74, 6) is -1.37. The van der Waals surface area contributed by atoms with Crippen molar-refractivity contribution in [3.63, 3.8) is 0 Å². The Morgan fingerprint density at radius 1 is 1.11 bits per heavy atom. The molecule has 1 aliphatic rings. The molecule has 4 rings (SSSR count). The molecule has 9 nitrogen and oxygen atoms in total. The number of esters is 1. The molecule has 0 atom stereocenters. The van der Waals surface area contributed by atoms with Gasteiger partial charge in [0.25, 0.3) is 5.91 Å². The molecule has 12 heteroatoms. The zero-order valence-electron chi connectivity index (χ0n) is 18.8. The third kappa shape index (κ3) is 6.06. The first-order valence-electron chi connectivity index (χ1n) is 10.7. The molecule has 1 aliphatic heterocycles. The Bertz CT molecular complexity index is 1340. The van der Waals surface area contributed by atoms with E-state index in [9.17, 15) is 18.0 Å². The van der Waals surface area contributed by atoms with Crippen LogP contribution in [0.1, 0.15) is 10.4 Å². The highest BCUT2D eigenvalue weighted by atomic mass is 35.5. The maximum atomic E-state index is 12.9. The number of piperazine rings is 1. The summed E-state index contributed by atoms with van der Waals surface area (Å²) in [5, 5.41) is 5.22. The second kappa shape index (κ2) is 10.8. The van der Waals surface area contributed by atoms with Crippen molar-refractivity contribution < 1.29 is 22.7 Å². The monoisotopic (exact) mass is 534 g/mol. The van der Waals surface area contributed by atoms with E-state index in [1.807, 2.05) is 30.1 Å². The van der Waals surface area contributed by atoms with Gasteiger partial charge in [-0.05, 0) is 31.3 Å². The lowest BCUT2D eigenvalue weighted by atomic mass is 10.2. The van der Waals surface area contributed by atoms with Gasteiger partial charge in [0, 0.05) is 42.1 Å². The molecular formula is C23H23ClN4O5S2. The van der Waals surface area contributed by atoms with Crippen molar-refractivity contribution in [3.05, 3.63) is 64.5 Å². The van der Waals surface area contributed by atoms with Gasteiger partial charge in [0.1, 0.15) is 0 Å². The Hall–Kier alpha value is -2.83. The Kier molecular flexibility index (Phi) is 7.82. The van der Waals surface area contributed by atoms with E-state index in [2.05, 4.69) is 10.3 Å². The van der Waals surface area contributed by atoms with Crippen molar-refractivity contribution >= 4 is 50.0 Å². The lowest BCUT2D eigenvalue weighted by molar-refractivity contribution is -0.119. The van der Waals surface area contributed by atoms with Gasteiger partial charge < -0.3 is 9.64 Å². The number of sulfonamides is 1. The van der Waals surface area contributed by atoms with Gasteiger partial charge in [-0.2, -0.15) is 4.31 Å². The summed E-state index contributed by atoms with van der Waals surface area (Å²) >= 11 is 7.40. The molecule has 0 spiro atoms. The van der Waals surface area contributed by atoms with Crippen LogP contribution in [0.15, 0.2) is 58.8 Å². The largest absolute Gasteiger partial charge is 0.452 e. The van der Waals surface area contributed by atoms with Crippen LogP contribution in [-0.4, -0.2) is 74.3 Å². The summed E-state index contributed by atoms with van der Waals surface area (Å²) < 4.78 is 32.4. The van der Waals surface area contributed by atoms with Gasteiger partial charge in [-0.3, -0.25) is 10.1 Å². The summed E-state index contributed by atoms with van der Waals surface area (Å²) in [4.78, 5) is 31.1. The maximum absolute atomic E-state index is 12.9. The normalized spacial score (nSPS) is 15.0. The SMILES string of the molecule is CN1CCN(S(=O)(=O)c2cccc(C(=O)OCC(=O)Nc3nc(-c4ccccc4Cl)cs3)c2)CC1. The summed E-state index contributed by atoms with van der Waals surface area (Å²) in [7, 11) is -1.80. The van der Waals surface area contributed by atoms with Crippen molar-refractivity contribution in [1.29, 1.82) is 0 Å². The van der Waals surface area contributed by atoms with E-state index in [0.717, 1.165) is 5.56 Å². The Morgan fingerprint density at radius 3 is 2.60 bits per heavy atom. The number of anilines is 1. The molecule has 184 valence electrons. The fourth-order valence-electron chi connectivity index (χ4n) is 3.45. The number of benzene rings is 2. The van der Waals surface area contributed by atoms with Crippen LogP contribution in [0.5, 0.6) is 0 Å². The second-order valence-corrected chi connectivity index (χ2v) is 11.1. The van der Waals surface area contributed by atoms with E-state index < -0.39 is 28.5 Å². The predicted molar refractivity (Wildman–Crippen MR) is 134 cm³/mol. The fraction of sp³-hybridized carbons (Fsp3) is 0.261. The maximum Gasteiger partial charge on any atom is 0.338 e. The van der Waals surface area contributed by atoms with Gasteiger partial charge in [-0.1, -0.05) is 35.9 Å². The first-order chi connectivity index (χ1) is 16.7. The topological polar surface area (TPSA) is 109 Å². The molecular weight excluding hydrogens is 512 g/mol. The Morgan fingerprint density at radius 2 is 1.86 bits per heavy atom. The van der Waals surface area contributed by atoms with Crippen LogP contribution in [0.25, 0.3) is 11.3 Å². The molecule has 0 aliphatic carbocycles. The highest BCUT2D eigenvalue weighted by Crippen LogP contribution is 2.30. The number of halogens is 1. The number of rotatable bonds is 7. The van der Waals surface area contributed by atoms with Crippen LogP contribution < -0.4 is 5.32 Å². The number of hydrogen-bond acceptors (Lipinski definition) is 8. The molecule has 0 bridgehead atoms. The minimum absolute atomic E-state index is 0.0100. The Balaban J connectivity index is 1.35. The van der Waals surface area contributed by atoms with Crippen molar-refractivity contribution in [2.24, 2.45) is 0 Å². The van der Waals surface area contributed by atoms with Gasteiger partial charge in [-0.15, -0.1) is 11.3 Å². The molecule has 1 amide bonds. The minimum Gasteiger partial charge on any atom is -0.452 e. The van der Waals surface area contributed by atoms with E-state index in [1.165, 1.54) is 39.9 Å². The zero-order chi connectivity index (χ0) is 25.0. The third-order valence-corrected chi connectivity index (χ3v) is 8.39. The summed E-state index contributed by atoms with van der Waals surface area (Å²) in [6, 6.07) is 12.9. The van der Waals surface area contributed by atoms with Gasteiger partial charge in [0.05, 0.1) is 16.2 Å². The number of hydrogen-bond donors (Lipinski definition) is 1. The molecule has 0 radical (unpaired) electrons. The molecule has 1 saturated heterocycles. The zero-order valence-corrected chi connectivity index (χ0v) is 21.2. The molecule has 1 N–H and O–H groups in total. The number of nitrogens with zero attached hydrogens (tertiary/aromatic N) is 3. The van der Waals surface area contributed by atoms with E-state index >= 15 is 0 Å². The van der Waals surface area contributed by atoms with Crippen molar-refractivity contribution in [2.75, 3.05) is 45.2 Å². The molecule has 3 aromatic rings. The number of amides is 1. The van der Waals surface area contributed by atoms with Gasteiger partial charge >= 0.3 is 5.97 Å². The van der Waals surface area contributed by atoms with Crippen LogP contribution in [-0.2, 0) is 19.6 Å². The van der Waals surface area contributed by atoms with E-state index in [4.69, 9.17) is 16.3 Å². The number of carbonyl (C=O) groups is 2. The van der Waals surface area contributed by atoms with Crippen molar-refractivity contribution in [3.8, 4) is 11.3 Å². The van der Waals surface area contributed by atoms with Crippen LogP contribution in [0.2, 0.25) is 5.02 Å². The highest BCUT2D eigenvalue weighted by molar-refractivity contribution is 7.89. The van der Waals surface area contributed by atoms with E-state index in [1.54, 1.807) is 11.4 Å². The number of ether oxygens (including phenoxy) is 1. The van der Waals surface area contributed by atoms with Crippen molar-refractivity contribution in [1.82, 2.24) is 14.2 Å². The minimum atomic E-state index is -3.73. The molecule has 0 unspecified atom stereocenters. The quantitative estimate of drug-likeness (QED) is 0.464. The summed E-state index contributed by atoms with van der Waals surface area (Å²) in [5.41, 5.74) is 1.40. The average molecular weight is 535 g/mol. The number of thiazole rings is 1. The van der Waals surface area contributed by atoms with E-state index in [-0.39, 0.29) is 10.5 Å². The van der Waals surface area contributed by atoms with Crippen LogP contribution in [0.4, 0.5) is 5.13 Å². The van der Waals surface area contributed by atoms with Crippen LogP contribution in [0.3, 0.4) is 0 Å². The average Bonchev–Trinajstić information content (AvgIpc) is 3.31. The Labute approximate surface area is 212 Å². The number of likely N-dealkylation sites (N-methyl/N-ethyl adjacent to an activating group) is 1. The first-order valence-corrected chi connectivity index (χ1v) is 13.4. The first kappa shape index (κ1) is 25.3. The third-order valence-electron chi connectivity index (χ3n) is 5.40.